The molecule has 0 saturated carbocycles. The molecule has 1 aliphatic heterocycles. The summed E-state index contributed by atoms with van der Waals surface area (Å²) in [5.41, 5.74) is 4.10. The third-order valence-electron chi connectivity index (χ3n) is 3.41. The van der Waals surface area contributed by atoms with Gasteiger partial charge in [-0.05, 0) is 31.9 Å². The predicted molar refractivity (Wildman–Crippen MR) is 58.5 cm³/mol. The first-order valence-electron chi connectivity index (χ1n) is 5.24. The summed E-state index contributed by atoms with van der Waals surface area (Å²) in [5.74, 6) is 0.479. The normalized spacial score (nSPS) is 24.4. The van der Waals surface area contributed by atoms with Gasteiger partial charge in [0, 0.05) is 5.92 Å². The highest BCUT2D eigenvalue weighted by atomic mass is 16.5. The predicted octanol–water partition coefficient (Wildman–Crippen LogP) is 3.41. The molecule has 1 heterocycles. The Labute approximate surface area is 86.1 Å². The van der Waals surface area contributed by atoms with E-state index in [1.807, 2.05) is 0 Å². The van der Waals surface area contributed by atoms with Crippen LogP contribution in [0.25, 0.3) is 0 Å². The minimum absolute atomic E-state index is 0.0255. The molecule has 1 unspecified atom stereocenters. The lowest BCUT2D eigenvalue weighted by Crippen LogP contribution is -2.35. The van der Waals surface area contributed by atoms with Crippen LogP contribution in [0.5, 0.6) is 0 Å². The summed E-state index contributed by atoms with van der Waals surface area (Å²) in [4.78, 5) is 0. The maximum absolute atomic E-state index is 5.86. The first-order chi connectivity index (χ1) is 6.50. The van der Waals surface area contributed by atoms with Crippen molar-refractivity contribution in [2.24, 2.45) is 0 Å². The average molecular weight is 190 g/mol. The lowest BCUT2D eigenvalue weighted by Gasteiger charge is -2.38. The molecule has 0 amide bonds. The van der Waals surface area contributed by atoms with Gasteiger partial charge < -0.3 is 4.74 Å². The molecule has 0 N–H and O–H groups in total. The average Bonchev–Trinajstić information content (AvgIpc) is 2.12. The van der Waals surface area contributed by atoms with Crippen LogP contribution in [-0.2, 0) is 11.3 Å². The van der Waals surface area contributed by atoms with Gasteiger partial charge in [0.2, 0.25) is 0 Å². The molecule has 0 radical (unpaired) electrons. The molecule has 0 aliphatic carbocycles. The lowest BCUT2D eigenvalue weighted by molar-refractivity contribution is -0.0577. The third kappa shape index (κ3) is 1.46. The summed E-state index contributed by atoms with van der Waals surface area (Å²) in [6, 6.07) is 6.68. The highest BCUT2D eigenvalue weighted by molar-refractivity contribution is 5.36. The Bertz CT molecular complexity index is 352. The zero-order valence-corrected chi connectivity index (χ0v) is 9.42. The van der Waals surface area contributed by atoms with E-state index < -0.39 is 0 Å². The van der Waals surface area contributed by atoms with Crippen LogP contribution in [0.1, 0.15) is 43.4 Å². The van der Waals surface area contributed by atoms with Gasteiger partial charge in [0.25, 0.3) is 0 Å². The molecule has 0 bridgehead atoms. The van der Waals surface area contributed by atoms with E-state index in [0.29, 0.717) is 5.92 Å². The zero-order chi connectivity index (χ0) is 10.3. The van der Waals surface area contributed by atoms with E-state index in [2.05, 4.69) is 45.9 Å². The second-order valence-corrected chi connectivity index (χ2v) is 4.82. The monoisotopic (exact) mass is 190 g/mol. The van der Waals surface area contributed by atoms with Crippen LogP contribution in [0.2, 0.25) is 0 Å². The van der Waals surface area contributed by atoms with Crippen molar-refractivity contribution in [1.29, 1.82) is 0 Å². The summed E-state index contributed by atoms with van der Waals surface area (Å²) < 4.78 is 5.86. The van der Waals surface area contributed by atoms with Crippen LogP contribution in [0.4, 0.5) is 0 Å². The summed E-state index contributed by atoms with van der Waals surface area (Å²) in [7, 11) is 0. The Morgan fingerprint density at radius 3 is 2.79 bits per heavy atom. The number of hydrogen-bond donors (Lipinski definition) is 0. The van der Waals surface area contributed by atoms with E-state index in [9.17, 15) is 0 Å². The van der Waals surface area contributed by atoms with Crippen LogP contribution in [-0.4, -0.2) is 5.60 Å². The summed E-state index contributed by atoms with van der Waals surface area (Å²) in [6.45, 7) is 9.47. The minimum Gasteiger partial charge on any atom is -0.370 e. The second kappa shape index (κ2) is 3.09. The molecule has 2 rings (SSSR count). The highest BCUT2D eigenvalue weighted by Crippen LogP contribution is 2.38. The quantitative estimate of drug-likeness (QED) is 0.609. The number of rotatable bonds is 0. The Kier molecular flexibility index (Phi) is 2.15. The van der Waals surface area contributed by atoms with Gasteiger partial charge in [-0.1, -0.05) is 30.7 Å². The van der Waals surface area contributed by atoms with Crippen molar-refractivity contribution in [3.63, 3.8) is 0 Å². The molecule has 0 fully saturated rings. The SMILES string of the molecule is Cc1ccc2c(c1)COC(C)(C)C2C. The molecular formula is C13H18O. The number of benzene rings is 1. The minimum atomic E-state index is -0.0255. The maximum Gasteiger partial charge on any atom is 0.0727 e. The van der Waals surface area contributed by atoms with Crippen LogP contribution in [0.3, 0.4) is 0 Å². The van der Waals surface area contributed by atoms with Gasteiger partial charge in [-0.15, -0.1) is 0 Å². The van der Waals surface area contributed by atoms with E-state index in [1.54, 1.807) is 0 Å². The van der Waals surface area contributed by atoms with Crippen LogP contribution < -0.4 is 0 Å². The molecule has 76 valence electrons. The maximum atomic E-state index is 5.86. The fraction of sp³-hybridized carbons (Fsp3) is 0.538. The Hall–Kier alpha value is -0.820. The van der Waals surface area contributed by atoms with Crippen molar-refractivity contribution in [3.05, 3.63) is 34.9 Å². The van der Waals surface area contributed by atoms with Gasteiger partial charge in [0.1, 0.15) is 0 Å². The van der Waals surface area contributed by atoms with Crippen molar-refractivity contribution >= 4 is 0 Å². The van der Waals surface area contributed by atoms with E-state index in [1.165, 1.54) is 16.7 Å². The molecular weight excluding hydrogens is 172 g/mol. The molecule has 0 spiro atoms. The molecule has 1 aliphatic rings. The van der Waals surface area contributed by atoms with Gasteiger partial charge >= 0.3 is 0 Å². The zero-order valence-electron chi connectivity index (χ0n) is 9.42. The van der Waals surface area contributed by atoms with E-state index in [-0.39, 0.29) is 5.60 Å². The van der Waals surface area contributed by atoms with Crippen molar-refractivity contribution in [1.82, 2.24) is 0 Å². The molecule has 1 aromatic rings. The van der Waals surface area contributed by atoms with Gasteiger partial charge in [-0.2, -0.15) is 0 Å². The van der Waals surface area contributed by atoms with Gasteiger partial charge in [0.15, 0.2) is 0 Å². The van der Waals surface area contributed by atoms with Crippen LogP contribution in [0.15, 0.2) is 18.2 Å². The first kappa shape index (κ1) is 9.72. The van der Waals surface area contributed by atoms with Crippen molar-refractivity contribution < 1.29 is 4.74 Å². The standard InChI is InChI=1S/C13H18O/c1-9-5-6-12-10(2)13(3,4)14-8-11(12)7-9/h5-7,10H,8H2,1-4H3. The van der Waals surface area contributed by atoms with Crippen molar-refractivity contribution in [3.8, 4) is 0 Å². The van der Waals surface area contributed by atoms with Gasteiger partial charge in [0.05, 0.1) is 12.2 Å². The molecule has 0 saturated heterocycles. The van der Waals surface area contributed by atoms with Gasteiger partial charge in [-0.3, -0.25) is 0 Å². The smallest absolute Gasteiger partial charge is 0.0727 e. The van der Waals surface area contributed by atoms with E-state index >= 15 is 0 Å². The molecule has 0 aromatic heterocycles. The summed E-state index contributed by atoms with van der Waals surface area (Å²) >= 11 is 0. The molecule has 1 atom stereocenters. The van der Waals surface area contributed by atoms with Crippen LogP contribution in [0, 0.1) is 6.92 Å². The lowest BCUT2D eigenvalue weighted by atomic mass is 9.81. The van der Waals surface area contributed by atoms with Gasteiger partial charge in [-0.25, -0.2) is 0 Å². The fourth-order valence-corrected chi connectivity index (χ4v) is 2.05. The fourth-order valence-electron chi connectivity index (χ4n) is 2.05. The summed E-state index contributed by atoms with van der Waals surface area (Å²) in [6.07, 6.45) is 0. The number of fused-ring (bicyclic) bond motifs is 1. The molecule has 14 heavy (non-hydrogen) atoms. The topological polar surface area (TPSA) is 9.23 Å². The number of aryl methyl sites for hydroxylation is 1. The molecule has 1 nitrogen and oxygen atoms in total. The largest absolute Gasteiger partial charge is 0.370 e. The summed E-state index contributed by atoms with van der Waals surface area (Å²) in [5, 5.41) is 0. The molecule has 1 heteroatoms. The first-order valence-corrected chi connectivity index (χ1v) is 5.24. The van der Waals surface area contributed by atoms with Crippen molar-refractivity contribution in [2.45, 2.75) is 45.8 Å². The highest BCUT2D eigenvalue weighted by Gasteiger charge is 2.33. The van der Waals surface area contributed by atoms with Crippen LogP contribution >= 0.6 is 0 Å². The molecule has 1 aromatic carbocycles. The van der Waals surface area contributed by atoms with Crippen molar-refractivity contribution in [2.75, 3.05) is 0 Å². The Morgan fingerprint density at radius 2 is 2.07 bits per heavy atom. The second-order valence-electron chi connectivity index (χ2n) is 4.82. The van der Waals surface area contributed by atoms with E-state index in [0.717, 1.165) is 6.61 Å². The Morgan fingerprint density at radius 1 is 1.36 bits per heavy atom. The number of hydrogen-bond acceptors (Lipinski definition) is 1. The number of ether oxygens (including phenoxy) is 1. The Balaban J connectivity index is 2.46. The third-order valence-corrected chi connectivity index (χ3v) is 3.41. The van der Waals surface area contributed by atoms with E-state index in [4.69, 9.17) is 4.74 Å².